The van der Waals surface area contributed by atoms with Gasteiger partial charge in [-0.2, -0.15) is 0 Å². The maximum atomic E-state index is 5.86. The molecule has 0 saturated heterocycles. The fraction of sp³-hybridized carbons (Fsp3) is 0.571. The van der Waals surface area contributed by atoms with E-state index < -0.39 is 0 Å². The van der Waals surface area contributed by atoms with Crippen LogP contribution in [0.1, 0.15) is 41.5 Å². The number of hydrogen-bond acceptors (Lipinski definition) is 2. The first-order chi connectivity index (χ1) is 7.26. The van der Waals surface area contributed by atoms with E-state index in [1.54, 1.807) is 0 Å². The van der Waals surface area contributed by atoms with Crippen LogP contribution in [0.4, 0.5) is 0 Å². The molecule has 1 rings (SSSR count). The smallest absolute Gasteiger partial charge is 0.128 e. The van der Waals surface area contributed by atoms with Gasteiger partial charge in [-0.05, 0) is 32.3 Å². The number of ether oxygens (including phenoxy) is 1. The van der Waals surface area contributed by atoms with Crippen molar-refractivity contribution in [3.63, 3.8) is 0 Å². The summed E-state index contributed by atoms with van der Waals surface area (Å²) in [6, 6.07) is 0. The molecule has 0 bridgehead atoms. The summed E-state index contributed by atoms with van der Waals surface area (Å²) in [7, 11) is 1.95. The van der Waals surface area contributed by atoms with Crippen molar-refractivity contribution in [1.29, 1.82) is 0 Å². The number of allylic oxidation sites excluding steroid dienone is 4. The van der Waals surface area contributed by atoms with Gasteiger partial charge in [0.2, 0.25) is 0 Å². The highest BCUT2D eigenvalue weighted by molar-refractivity contribution is 5.45. The highest BCUT2D eigenvalue weighted by Crippen LogP contribution is 2.32. The predicted molar refractivity (Wildman–Crippen MR) is 68.8 cm³/mol. The van der Waals surface area contributed by atoms with Gasteiger partial charge in [-0.1, -0.05) is 20.8 Å². The Bertz CT molecular complexity index is 378. The molecule has 1 heterocycles. The van der Waals surface area contributed by atoms with Gasteiger partial charge < -0.3 is 10.1 Å². The molecule has 0 atom stereocenters. The van der Waals surface area contributed by atoms with Crippen molar-refractivity contribution in [3.05, 3.63) is 34.4 Å². The van der Waals surface area contributed by atoms with Gasteiger partial charge in [0.15, 0.2) is 0 Å². The lowest BCUT2D eigenvalue weighted by Gasteiger charge is -2.26. The van der Waals surface area contributed by atoms with E-state index in [4.69, 9.17) is 4.74 Å². The van der Waals surface area contributed by atoms with Crippen LogP contribution in [0, 0.1) is 5.41 Å². The monoisotopic (exact) mass is 221 g/mol. The van der Waals surface area contributed by atoms with E-state index >= 15 is 0 Å². The summed E-state index contributed by atoms with van der Waals surface area (Å²) >= 11 is 0. The lowest BCUT2D eigenvalue weighted by Crippen LogP contribution is -2.17. The second-order valence-electron chi connectivity index (χ2n) is 5.41. The molecule has 0 aromatic heterocycles. The van der Waals surface area contributed by atoms with Crippen molar-refractivity contribution in [2.75, 3.05) is 7.05 Å². The average molecular weight is 221 g/mol. The molecule has 16 heavy (non-hydrogen) atoms. The van der Waals surface area contributed by atoms with Crippen molar-refractivity contribution in [2.24, 2.45) is 5.41 Å². The third-order valence-electron chi connectivity index (χ3n) is 2.72. The van der Waals surface area contributed by atoms with Crippen LogP contribution in [-0.2, 0) is 4.74 Å². The van der Waals surface area contributed by atoms with Crippen LogP contribution in [0.15, 0.2) is 34.4 Å². The lowest BCUT2D eigenvalue weighted by atomic mass is 9.93. The van der Waals surface area contributed by atoms with Gasteiger partial charge in [0.25, 0.3) is 0 Å². The summed E-state index contributed by atoms with van der Waals surface area (Å²) in [6.07, 6.45) is 2.18. The molecule has 0 aromatic rings. The van der Waals surface area contributed by atoms with E-state index in [9.17, 15) is 0 Å². The summed E-state index contributed by atoms with van der Waals surface area (Å²) in [4.78, 5) is 0. The summed E-state index contributed by atoms with van der Waals surface area (Å²) in [5.74, 6) is 1.95. The molecule has 2 heteroatoms. The van der Waals surface area contributed by atoms with Crippen molar-refractivity contribution >= 4 is 0 Å². The number of hydrogen-bond donors (Lipinski definition) is 1. The number of nitrogens with one attached hydrogen (secondary N) is 1. The molecule has 0 amide bonds. The van der Waals surface area contributed by atoms with Crippen LogP contribution in [-0.4, -0.2) is 7.05 Å². The minimum absolute atomic E-state index is 0.126. The molecule has 0 unspecified atom stereocenters. The van der Waals surface area contributed by atoms with Crippen molar-refractivity contribution < 1.29 is 4.74 Å². The Kier molecular flexibility index (Phi) is 3.51. The van der Waals surface area contributed by atoms with Crippen LogP contribution < -0.4 is 5.32 Å². The number of likely N-dealkylation sites (N-methyl/N-ethyl adjacent to an activating group) is 1. The van der Waals surface area contributed by atoms with Gasteiger partial charge in [0, 0.05) is 23.9 Å². The molecule has 0 aromatic carbocycles. The van der Waals surface area contributed by atoms with E-state index in [0.717, 1.165) is 11.5 Å². The van der Waals surface area contributed by atoms with Crippen LogP contribution in [0.3, 0.4) is 0 Å². The Morgan fingerprint density at radius 3 is 2.06 bits per heavy atom. The van der Waals surface area contributed by atoms with Gasteiger partial charge >= 0.3 is 0 Å². The van der Waals surface area contributed by atoms with Crippen molar-refractivity contribution in [2.45, 2.75) is 41.5 Å². The third-order valence-corrected chi connectivity index (χ3v) is 2.72. The first-order valence-corrected chi connectivity index (χ1v) is 5.74. The van der Waals surface area contributed by atoms with Crippen molar-refractivity contribution in [3.8, 4) is 0 Å². The molecular weight excluding hydrogens is 198 g/mol. The second-order valence-corrected chi connectivity index (χ2v) is 5.41. The summed E-state index contributed by atoms with van der Waals surface area (Å²) in [5, 5.41) is 3.25. The van der Waals surface area contributed by atoms with Gasteiger partial charge in [0.05, 0.1) is 0 Å². The van der Waals surface area contributed by atoms with E-state index in [-0.39, 0.29) is 5.41 Å². The Hall–Kier alpha value is -1.18. The maximum Gasteiger partial charge on any atom is 0.128 e. The standard InChI is InChI=1S/C14H23NO/c1-9-11(3)16-12(8-14(4,5)6)10(2)13(9)15-7/h8,15H,1-7H3/b12-8+. The third kappa shape index (κ3) is 2.69. The van der Waals surface area contributed by atoms with Gasteiger partial charge in [-0.3, -0.25) is 0 Å². The molecule has 0 aliphatic carbocycles. The molecule has 90 valence electrons. The minimum atomic E-state index is 0.126. The van der Waals surface area contributed by atoms with Crippen LogP contribution in [0.25, 0.3) is 0 Å². The van der Waals surface area contributed by atoms with Crippen LogP contribution in [0.2, 0.25) is 0 Å². The zero-order valence-corrected chi connectivity index (χ0v) is 11.5. The van der Waals surface area contributed by atoms with E-state index in [1.807, 2.05) is 14.0 Å². The Labute approximate surface area is 99.1 Å². The number of rotatable bonds is 1. The van der Waals surface area contributed by atoms with E-state index in [0.29, 0.717) is 0 Å². The minimum Gasteiger partial charge on any atom is -0.462 e. The highest BCUT2D eigenvalue weighted by Gasteiger charge is 2.20. The van der Waals surface area contributed by atoms with Gasteiger partial charge in [-0.15, -0.1) is 0 Å². The van der Waals surface area contributed by atoms with Crippen LogP contribution in [0.5, 0.6) is 0 Å². The topological polar surface area (TPSA) is 21.3 Å². The highest BCUT2D eigenvalue weighted by atomic mass is 16.5. The first kappa shape index (κ1) is 12.9. The molecule has 1 N–H and O–H groups in total. The zero-order chi connectivity index (χ0) is 12.5. The molecule has 1 aliphatic heterocycles. The van der Waals surface area contributed by atoms with Gasteiger partial charge in [0.1, 0.15) is 11.5 Å². The quantitative estimate of drug-likeness (QED) is 0.728. The Morgan fingerprint density at radius 2 is 1.62 bits per heavy atom. The molecule has 2 nitrogen and oxygen atoms in total. The largest absolute Gasteiger partial charge is 0.462 e. The molecule has 0 spiro atoms. The summed E-state index contributed by atoms with van der Waals surface area (Å²) < 4.78 is 5.86. The summed E-state index contributed by atoms with van der Waals surface area (Å²) in [6.45, 7) is 12.7. The molecule has 0 fully saturated rings. The molecule has 1 aliphatic rings. The van der Waals surface area contributed by atoms with E-state index in [1.165, 1.54) is 16.8 Å². The lowest BCUT2D eigenvalue weighted by molar-refractivity contribution is 0.295. The Balaban J connectivity index is 3.22. The maximum absolute atomic E-state index is 5.86. The van der Waals surface area contributed by atoms with E-state index in [2.05, 4.69) is 46.0 Å². The predicted octanol–water partition coefficient (Wildman–Crippen LogP) is 3.73. The SMILES string of the molecule is CNC1=C(C)/C(=C\C(C)(C)C)OC(C)=C1C. The molecule has 0 saturated carbocycles. The average Bonchev–Trinajstić information content (AvgIpc) is 2.13. The van der Waals surface area contributed by atoms with Crippen molar-refractivity contribution in [1.82, 2.24) is 5.32 Å². The van der Waals surface area contributed by atoms with Crippen LogP contribution >= 0.6 is 0 Å². The summed E-state index contributed by atoms with van der Waals surface area (Å²) in [5.41, 5.74) is 3.67. The first-order valence-electron chi connectivity index (χ1n) is 5.74. The zero-order valence-electron chi connectivity index (χ0n) is 11.5. The molecule has 0 radical (unpaired) electrons. The fourth-order valence-corrected chi connectivity index (χ4v) is 1.80. The van der Waals surface area contributed by atoms with Gasteiger partial charge in [-0.25, -0.2) is 0 Å². The second kappa shape index (κ2) is 4.36. The molecular formula is C14H23NO. The Morgan fingerprint density at radius 1 is 1.06 bits per heavy atom. The normalized spacial score (nSPS) is 20.3. The fourth-order valence-electron chi connectivity index (χ4n) is 1.80.